The van der Waals surface area contributed by atoms with Gasteiger partial charge in [0, 0.05) is 28.7 Å². The third-order valence-electron chi connectivity index (χ3n) is 7.10. The Morgan fingerprint density at radius 1 is 0.556 bits per heavy atom. The van der Waals surface area contributed by atoms with Gasteiger partial charge in [0.2, 0.25) is 0 Å². The van der Waals surface area contributed by atoms with E-state index < -0.39 is 0 Å². The van der Waals surface area contributed by atoms with Crippen molar-refractivity contribution < 1.29 is 15.3 Å². The molecule has 0 heterocycles. The summed E-state index contributed by atoms with van der Waals surface area (Å²) in [5.74, 6) is 0.991. The van der Waals surface area contributed by atoms with E-state index >= 15 is 0 Å². The molecule has 202 valence electrons. The molecule has 0 spiro atoms. The molecule has 0 saturated carbocycles. The monoisotopic (exact) mass is 496 g/mol. The summed E-state index contributed by atoms with van der Waals surface area (Å²) in [6.45, 7) is 27.4. The van der Waals surface area contributed by atoms with Crippen LogP contribution in [0, 0.1) is 0 Å². The highest BCUT2D eigenvalue weighted by molar-refractivity contribution is 5.64. The van der Waals surface area contributed by atoms with Crippen molar-refractivity contribution in [3.63, 3.8) is 0 Å². The number of hydrogen-bond donors (Lipinski definition) is 3. The molecule has 3 heteroatoms. The molecule has 0 atom stereocenters. The maximum Gasteiger partial charge on any atom is 0.123 e. The van der Waals surface area contributed by atoms with Crippen molar-refractivity contribution in [1.82, 2.24) is 0 Å². The minimum atomic E-state index is -0.356. The van der Waals surface area contributed by atoms with Gasteiger partial charge in [-0.2, -0.15) is 0 Å². The Morgan fingerprint density at radius 2 is 0.944 bits per heavy atom. The van der Waals surface area contributed by atoms with Gasteiger partial charge in [0.25, 0.3) is 0 Å². The third-order valence-corrected chi connectivity index (χ3v) is 7.10. The highest BCUT2D eigenvalue weighted by Crippen LogP contribution is 2.49. The van der Waals surface area contributed by atoms with Gasteiger partial charge in [-0.05, 0) is 51.2 Å². The van der Waals surface area contributed by atoms with Crippen LogP contribution in [0.4, 0.5) is 0 Å². The maximum absolute atomic E-state index is 11.9. The second-order valence-electron chi connectivity index (χ2n) is 14.7. The minimum absolute atomic E-state index is 0.238. The summed E-state index contributed by atoms with van der Waals surface area (Å²) in [5.41, 5.74) is 5.02. The van der Waals surface area contributed by atoms with Crippen LogP contribution in [0.15, 0.2) is 12.1 Å². The van der Waals surface area contributed by atoms with Gasteiger partial charge in [-0.15, -0.1) is 0 Å². The lowest BCUT2D eigenvalue weighted by atomic mass is 9.72. The Morgan fingerprint density at radius 3 is 1.31 bits per heavy atom. The van der Waals surface area contributed by atoms with E-state index in [1.807, 2.05) is 0 Å². The first kappa shape index (κ1) is 30.1. The molecule has 0 bridgehead atoms. The molecular weight excluding hydrogens is 444 g/mol. The molecule has 0 fully saturated rings. The largest absolute Gasteiger partial charge is 0.507 e. The van der Waals surface area contributed by atoms with E-state index in [1.165, 1.54) is 0 Å². The van der Waals surface area contributed by atoms with Gasteiger partial charge in [0.1, 0.15) is 17.2 Å². The zero-order chi connectivity index (χ0) is 28.0. The van der Waals surface area contributed by atoms with Gasteiger partial charge in [-0.1, -0.05) is 109 Å². The number of phenols is 3. The molecule has 2 rings (SSSR count). The fourth-order valence-corrected chi connectivity index (χ4v) is 5.35. The summed E-state index contributed by atoms with van der Waals surface area (Å²) in [7, 11) is 0. The zero-order valence-corrected chi connectivity index (χ0v) is 25.3. The van der Waals surface area contributed by atoms with Crippen molar-refractivity contribution in [2.24, 2.45) is 0 Å². The second-order valence-corrected chi connectivity index (χ2v) is 14.7. The Hall–Kier alpha value is -2.16. The average molecular weight is 497 g/mol. The van der Waals surface area contributed by atoms with Crippen molar-refractivity contribution in [2.45, 2.75) is 137 Å². The second kappa shape index (κ2) is 9.95. The van der Waals surface area contributed by atoms with Crippen LogP contribution in [0.25, 0.3) is 0 Å². The fourth-order valence-electron chi connectivity index (χ4n) is 5.35. The summed E-state index contributed by atoms with van der Waals surface area (Å²) in [4.78, 5) is 0. The number of phenolic OH excluding ortho intramolecular Hbond substituents is 3. The molecule has 2 aromatic carbocycles. The van der Waals surface area contributed by atoms with Gasteiger partial charge in [0.15, 0.2) is 0 Å². The molecule has 3 nitrogen and oxygen atoms in total. The topological polar surface area (TPSA) is 60.7 Å². The summed E-state index contributed by atoms with van der Waals surface area (Å²) in [6.07, 6.45) is 3.21. The lowest BCUT2D eigenvalue weighted by Crippen LogP contribution is -2.22. The van der Waals surface area contributed by atoms with Crippen molar-refractivity contribution in [1.29, 1.82) is 0 Å². The molecule has 0 aromatic heterocycles. The lowest BCUT2D eigenvalue weighted by Gasteiger charge is -2.33. The maximum atomic E-state index is 11.9. The molecule has 0 aliphatic carbocycles. The third kappa shape index (κ3) is 6.21. The summed E-state index contributed by atoms with van der Waals surface area (Å²) in [6, 6.07) is 4.16. The number of unbranched alkanes of at least 4 members (excludes halogenated alkanes) is 1. The highest BCUT2D eigenvalue weighted by Gasteiger charge is 2.34. The van der Waals surface area contributed by atoms with Gasteiger partial charge in [-0.3, -0.25) is 0 Å². The molecule has 0 amide bonds. The predicted molar refractivity (Wildman–Crippen MR) is 154 cm³/mol. The normalized spacial score (nSPS) is 13.4. The van der Waals surface area contributed by atoms with E-state index in [2.05, 4.69) is 102 Å². The van der Waals surface area contributed by atoms with E-state index in [1.54, 1.807) is 0 Å². The molecule has 0 aliphatic heterocycles. The first-order chi connectivity index (χ1) is 16.1. The van der Waals surface area contributed by atoms with Gasteiger partial charge < -0.3 is 15.3 Å². The molecule has 0 radical (unpaired) electrons. The summed E-state index contributed by atoms with van der Waals surface area (Å²) in [5, 5.41) is 34.8. The SMILES string of the molecule is CCCCc1c(O)c(C(C)(C)C)c(Cc2cc(C(C)(C)C)c(O)c(C(C)(C)C)c2)c(O)c1C(C)(C)C. The van der Waals surface area contributed by atoms with E-state index in [0.717, 1.165) is 58.2 Å². The quantitative estimate of drug-likeness (QED) is 0.362. The van der Waals surface area contributed by atoms with Crippen LogP contribution in [-0.2, 0) is 34.5 Å². The summed E-state index contributed by atoms with van der Waals surface area (Å²) >= 11 is 0. The number of hydrogen-bond acceptors (Lipinski definition) is 3. The van der Waals surface area contributed by atoms with Crippen molar-refractivity contribution in [2.75, 3.05) is 0 Å². The minimum Gasteiger partial charge on any atom is -0.507 e. The smallest absolute Gasteiger partial charge is 0.123 e. The van der Waals surface area contributed by atoms with Crippen molar-refractivity contribution >= 4 is 0 Å². The Labute approximate surface area is 221 Å². The number of rotatable bonds is 5. The fraction of sp³-hybridized carbons (Fsp3) is 0.636. The predicted octanol–water partition coefficient (Wildman–Crippen LogP) is 8.93. The molecule has 2 aromatic rings. The van der Waals surface area contributed by atoms with Crippen LogP contribution in [0.5, 0.6) is 17.2 Å². The van der Waals surface area contributed by atoms with E-state index in [9.17, 15) is 15.3 Å². The van der Waals surface area contributed by atoms with Crippen LogP contribution in [-0.4, -0.2) is 15.3 Å². The van der Waals surface area contributed by atoms with Crippen LogP contribution in [0.3, 0.4) is 0 Å². The molecule has 3 N–H and O–H groups in total. The van der Waals surface area contributed by atoms with Crippen LogP contribution in [0.1, 0.15) is 142 Å². The molecule has 0 aliphatic rings. The van der Waals surface area contributed by atoms with Gasteiger partial charge in [0.05, 0.1) is 0 Å². The Bertz CT molecular complexity index is 1060. The van der Waals surface area contributed by atoms with Gasteiger partial charge >= 0.3 is 0 Å². The number of benzene rings is 2. The van der Waals surface area contributed by atoms with Gasteiger partial charge in [-0.25, -0.2) is 0 Å². The van der Waals surface area contributed by atoms with Crippen LogP contribution < -0.4 is 0 Å². The van der Waals surface area contributed by atoms with E-state index in [4.69, 9.17) is 0 Å². The molecular formula is C33H52O3. The standard InChI is InChI=1S/C33H52O3/c1-14-15-16-21-25(32(8,9)10)28(35)22(26(27(21)34)33(11,12)13)17-20-18-23(30(2,3)4)29(36)24(19-20)31(5,6)7/h18-19,34-36H,14-17H2,1-13H3. The van der Waals surface area contributed by atoms with Crippen molar-refractivity contribution in [3.8, 4) is 17.2 Å². The summed E-state index contributed by atoms with van der Waals surface area (Å²) < 4.78 is 0. The zero-order valence-electron chi connectivity index (χ0n) is 25.3. The lowest BCUT2D eigenvalue weighted by molar-refractivity contribution is 0.404. The Balaban J connectivity index is 2.97. The van der Waals surface area contributed by atoms with Crippen LogP contribution in [0.2, 0.25) is 0 Å². The highest BCUT2D eigenvalue weighted by atomic mass is 16.3. The molecule has 0 unspecified atom stereocenters. The van der Waals surface area contributed by atoms with Crippen LogP contribution >= 0.6 is 0 Å². The van der Waals surface area contributed by atoms with Crippen molar-refractivity contribution in [3.05, 3.63) is 51.1 Å². The first-order valence-electron chi connectivity index (χ1n) is 13.6. The molecule has 36 heavy (non-hydrogen) atoms. The first-order valence-corrected chi connectivity index (χ1v) is 13.6. The average Bonchev–Trinajstić information content (AvgIpc) is 2.66. The molecule has 0 saturated heterocycles. The number of aromatic hydroxyl groups is 3. The Kier molecular flexibility index (Phi) is 8.31. The van der Waals surface area contributed by atoms with E-state index in [-0.39, 0.29) is 21.7 Å². The van der Waals surface area contributed by atoms with E-state index in [0.29, 0.717) is 23.7 Å².